The molecule has 4 heteroatoms. The third kappa shape index (κ3) is 3.18. The summed E-state index contributed by atoms with van der Waals surface area (Å²) in [5.41, 5.74) is 5.91. The highest BCUT2D eigenvalue weighted by Gasteiger charge is 2.31. The minimum Gasteiger partial charge on any atom is -0.455 e. The number of rotatable bonds is 3. The molecule has 106 valence electrons. The summed E-state index contributed by atoms with van der Waals surface area (Å²) in [7, 11) is 1.87. The summed E-state index contributed by atoms with van der Waals surface area (Å²) < 4.78 is 5.43. The van der Waals surface area contributed by atoms with Gasteiger partial charge in [-0.05, 0) is 43.2 Å². The third-order valence-corrected chi connectivity index (χ3v) is 4.25. The second kappa shape index (κ2) is 5.37. The van der Waals surface area contributed by atoms with Gasteiger partial charge >= 0.3 is 0 Å². The van der Waals surface area contributed by atoms with Gasteiger partial charge in [0, 0.05) is 13.1 Å². The zero-order chi connectivity index (χ0) is 14.0. The molecule has 0 spiro atoms. The molecule has 1 aromatic heterocycles. The molecule has 1 aliphatic rings. The van der Waals surface area contributed by atoms with E-state index >= 15 is 0 Å². The van der Waals surface area contributed by atoms with Crippen molar-refractivity contribution in [3.05, 3.63) is 23.7 Å². The Morgan fingerprint density at radius 1 is 1.42 bits per heavy atom. The minimum absolute atomic E-state index is 0.0376. The van der Waals surface area contributed by atoms with Crippen LogP contribution in [0.2, 0.25) is 0 Å². The first kappa shape index (κ1) is 14.1. The lowest BCUT2D eigenvalue weighted by atomic mass is 9.75. The van der Waals surface area contributed by atoms with Crippen LogP contribution in [0.3, 0.4) is 0 Å². The molecule has 0 radical (unpaired) electrons. The summed E-state index contributed by atoms with van der Waals surface area (Å²) in [6.07, 6.45) is 4.47. The van der Waals surface area contributed by atoms with E-state index in [-0.39, 0.29) is 5.91 Å². The predicted octanol–water partition coefficient (Wildman–Crippen LogP) is 2.78. The van der Waals surface area contributed by atoms with Crippen molar-refractivity contribution in [3.8, 4) is 0 Å². The van der Waals surface area contributed by atoms with E-state index in [0.717, 1.165) is 12.8 Å². The molecule has 19 heavy (non-hydrogen) atoms. The summed E-state index contributed by atoms with van der Waals surface area (Å²) in [4.78, 5) is 14.2. The normalized spacial score (nSPS) is 19.4. The van der Waals surface area contributed by atoms with Crippen LogP contribution in [0.15, 0.2) is 16.5 Å². The molecule has 1 aromatic rings. The lowest BCUT2D eigenvalue weighted by Gasteiger charge is -2.38. The molecule has 4 nitrogen and oxygen atoms in total. The Balaban J connectivity index is 1.99. The van der Waals surface area contributed by atoms with Crippen LogP contribution in [0.1, 0.15) is 55.8 Å². The van der Waals surface area contributed by atoms with Crippen molar-refractivity contribution in [1.29, 1.82) is 0 Å². The van der Waals surface area contributed by atoms with Gasteiger partial charge in [-0.2, -0.15) is 0 Å². The molecule has 1 saturated carbocycles. The maximum atomic E-state index is 12.3. The number of nitrogens with zero attached hydrogens (tertiary/aromatic N) is 1. The van der Waals surface area contributed by atoms with E-state index in [2.05, 4.69) is 13.8 Å². The molecule has 0 aromatic carbocycles. The monoisotopic (exact) mass is 264 g/mol. The van der Waals surface area contributed by atoms with E-state index in [0.29, 0.717) is 29.5 Å². The van der Waals surface area contributed by atoms with Gasteiger partial charge in [0.2, 0.25) is 0 Å². The fourth-order valence-electron chi connectivity index (χ4n) is 2.71. The van der Waals surface area contributed by atoms with Gasteiger partial charge in [0.05, 0.1) is 6.54 Å². The molecule has 1 aliphatic carbocycles. The molecule has 0 unspecified atom stereocenters. The van der Waals surface area contributed by atoms with Crippen LogP contribution < -0.4 is 5.73 Å². The van der Waals surface area contributed by atoms with Crippen LogP contribution in [0.4, 0.5) is 0 Å². The SMILES string of the molecule is CN(C(=O)c1ccc(CN)o1)C1CCC(C)(C)CC1. The molecule has 0 saturated heterocycles. The van der Waals surface area contributed by atoms with Gasteiger partial charge in [-0.25, -0.2) is 0 Å². The molecule has 1 amide bonds. The summed E-state index contributed by atoms with van der Waals surface area (Å²) in [6.45, 7) is 4.92. The Morgan fingerprint density at radius 3 is 2.58 bits per heavy atom. The van der Waals surface area contributed by atoms with Crippen molar-refractivity contribution in [3.63, 3.8) is 0 Å². The van der Waals surface area contributed by atoms with Crippen molar-refractivity contribution in [2.24, 2.45) is 11.1 Å². The highest BCUT2D eigenvalue weighted by Crippen LogP contribution is 2.36. The molecular formula is C15H24N2O2. The molecule has 2 N–H and O–H groups in total. The minimum atomic E-state index is -0.0376. The van der Waals surface area contributed by atoms with Gasteiger partial charge in [-0.1, -0.05) is 13.8 Å². The second-order valence-electron chi connectivity index (χ2n) is 6.28. The van der Waals surface area contributed by atoms with Crippen LogP contribution >= 0.6 is 0 Å². The molecule has 0 aliphatic heterocycles. The number of furan rings is 1. The van der Waals surface area contributed by atoms with Crippen molar-refractivity contribution >= 4 is 5.91 Å². The second-order valence-corrected chi connectivity index (χ2v) is 6.28. The number of amides is 1. The number of hydrogen-bond acceptors (Lipinski definition) is 3. The summed E-state index contributed by atoms with van der Waals surface area (Å²) in [6, 6.07) is 3.81. The standard InChI is InChI=1S/C15H24N2O2/c1-15(2)8-6-11(7-9-15)17(3)14(18)13-5-4-12(10-16)19-13/h4-5,11H,6-10,16H2,1-3H3. The lowest BCUT2D eigenvalue weighted by Crippen LogP contribution is -2.40. The Hall–Kier alpha value is -1.29. The fraction of sp³-hybridized carbons (Fsp3) is 0.667. The summed E-state index contributed by atoms with van der Waals surface area (Å²) in [5, 5.41) is 0. The van der Waals surface area contributed by atoms with E-state index in [1.54, 1.807) is 12.1 Å². The van der Waals surface area contributed by atoms with Crippen molar-refractivity contribution in [2.75, 3.05) is 7.05 Å². The van der Waals surface area contributed by atoms with Crippen LogP contribution in [0.5, 0.6) is 0 Å². The first-order chi connectivity index (χ1) is 8.93. The molecule has 1 heterocycles. The maximum Gasteiger partial charge on any atom is 0.289 e. The number of hydrogen-bond donors (Lipinski definition) is 1. The fourth-order valence-corrected chi connectivity index (χ4v) is 2.71. The zero-order valence-electron chi connectivity index (χ0n) is 12.1. The predicted molar refractivity (Wildman–Crippen MR) is 74.7 cm³/mol. The van der Waals surface area contributed by atoms with Crippen LogP contribution in [-0.4, -0.2) is 23.9 Å². The Kier molecular flexibility index (Phi) is 3.99. The molecule has 2 rings (SSSR count). The third-order valence-electron chi connectivity index (χ3n) is 4.25. The van der Waals surface area contributed by atoms with Gasteiger partial charge in [-0.3, -0.25) is 4.79 Å². The molecule has 0 atom stereocenters. The zero-order valence-corrected chi connectivity index (χ0v) is 12.1. The van der Waals surface area contributed by atoms with E-state index in [1.165, 1.54) is 12.8 Å². The molecule has 0 bridgehead atoms. The van der Waals surface area contributed by atoms with Crippen LogP contribution in [-0.2, 0) is 6.54 Å². The molecular weight excluding hydrogens is 240 g/mol. The van der Waals surface area contributed by atoms with Gasteiger partial charge in [0.1, 0.15) is 5.76 Å². The maximum absolute atomic E-state index is 12.3. The Bertz CT molecular complexity index is 441. The van der Waals surface area contributed by atoms with Crippen molar-refractivity contribution in [1.82, 2.24) is 4.90 Å². The Morgan fingerprint density at radius 2 is 2.05 bits per heavy atom. The average molecular weight is 264 g/mol. The first-order valence-electron chi connectivity index (χ1n) is 6.99. The Labute approximate surface area is 114 Å². The van der Waals surface area contributed by atoms with Gasteiger partial charge in [0.25, 0.3) is 5.91 Å². The highest BCUT2D eigenvalue weighted by molar-refractivity contribution is 5.91. The largest absolute Gasteiger partial charge is 0.455 e. The van der Waals surface area contributed by atoms with Crippen molar-refractivity contribution < 1.29 is 9.21 Å². The quantitative estimate of drug-likeness (QED) is 0.913. The number of nitrogens with two attached hydrogens (primary N) is 1. The highest BCUT2D eigenvalue weighted by atomic mass is 16.4. The van der Waals surface area contributed by atoms with Gasteiger partial charge < -0.3 is 15.1 Å². The summed E-state index contributed by atoms with van der Waals surface area (Å²) >= 11 is 0. The lowest BCUT2D eigenvalue weighted by molar-refractivity contribution is 0.0603. The van der Waals surface area contributed by atoms with E-state index in [9.17, 15) is 4.79 Å². The summed E-state index contributed by atoms with van der Waals surface area (Å²) in [5.74, 6) is 1.01. The van der Waals surface area contributed by atoms with Crippen LogP contribution in [0, 0.1) is 5.41 Å². The number of carbonyl (C=O) groups excluding carboxylic acids is 1. The molecule has 1 fully saturated rings. The van der Waals surface area contributed by atoms with Gasteiger partial charge in [-0.15, -0.1) is 0 Å². The smallest absolute Gasteiger partial charge is 0.289 e. The van der Waals surface area contributed by atoms with Gasteiger partial charge in [0.15, 0.2) is 5.76 Å². The van der Waals surface area contributed by atoms with Crippen molar-refractivity contribution in [2.45, 2.75) is 52.1 Å². The van der Waals surface area contributed by atoms with E-state index in [4.69, 9.17) is 10.2 Å². The topological polar surface area (TPSA) is 59.5 Å². The average Bonchev–Trinajstić information content (AvgIpc) is 2.86. The van der Waals surface area contributed by atoms with E-state index in [1.807, 2.05) is 11.9 Å². The van der Waals surface area contributed by atoms with E-state index < -0.39 is 0 Å². The van der Waals surface area contributed by atoms with Crippen LogP contribution in [0.25, 0.3) is 0 Å². The number of carbonyl (C=O) groups is 1. The first-order valence-corrected chi connectivity index (χ1v) is 6.99.